The van der Waals surface area contributed by atoms with Crippen molar-refractivity contribution < 1.29 is 34.0 Å². The molecule has 0 amide bonds. The molecule has 12 heavy (non-hydrogen) atoms. The Balaban J connectivity index is 3.04. The number of carbonyl (C=O) groups is 1. The van der Waals surface area contributed by atoms with Gasteiger partial charge in [0.25, 0.3) is 0 Å². The Morgan fingerprint density at radius 1 is 1.50 bits per heavy atom. The molecule has 0 radical (unpaired) electrons. The van der Waals surface area contributed by atoms with Crippen LogP contribution in [-0.4, -0.2) is 5.97 Å². The number of hydrogen-bond acceptors (Lipinski definition) is 2. The minimum absolute atomic E-state index is 0.0829. The van der Waals surface area contributed by atoms with Crippen molar-refractivity contribution in [2.45, 2.75) is 13.3 Å². The molecule has 59 valence electrons. The van der Waals surface area contributed by atoms with E-state index in [1.54, 1.807) is 0 Å². The molecule has 0 unspecified atom stereocenters. The Kier molecular flexibility index (Phi) is 3.72. The van der Waals surface area contributed by atoms with Gasteiger partial charge < -0.3 is 0 Å². The van der Waals surface area contributed by atoms with E-state index in [0.29, 0.717) is 0 Å². The third-order valence-corrected chi connectivity index (χ3v) is 2.77. The molecule has 0 fully saturated rings. The standard InChI is InChI=1S/C9H10O2.Hg/c1-2-7-5-3-4-6-8(7)9(10)11;/h3-6H,2H2,1H3,(H,10,11);/q;+1/p-1. The summed E-state index contributed by atoms with van der Waals surface area (Å²) in [6, 6.07) is 7.57. The summed E-state index contributed by atoms with van der Waals surface area (Å²) in [5.41, 5.74) is 1.78. The third kappa shape index (κ3) is 2.06. The van der Waals surface area contributed by atoms with Crippen LogP contribution in [0.4, 0.5) is 0 Å². The van der Waals surface area contributed by atoms with Crippen molar-refractivity contribution in [2.75, 3.05) is 0 Å². The summed E-state index contributed by atoms with van der Waals surface area (Å²) in [5, 5.41) is 0. The van der Waals surface area contributed by atoms with Crippen molar-refractivity contribution in [3.8, 4) is 0 Å². The van der Waals surface area contributed by atoms with E-state index in [-0.39, 0.29) is 32.5 Å². The Hall–Kier alpha value is -0.375. The Bertz CT molecular complexity index is 284. The normalized spacial score (nSPS) is 9.58. The summed E-state index contributed by atoms with van der Waals surface area (Å²) in [5.74, 6) is -0.171. The molecule has 2 nitrogen and oxygen atoms in total. The molecule has 0 saturated carbocycles. The molecule has 1 rings (SSSR count). The van der Waals surface area contributed by atoms with Crippen LogP contribution in [0.25, 0.3) is 0 Å². The van der Waals surface area contributed by atoms with Crippen LogP contribution in [0.3, 0.4) is 0 Å². The SMILES string of the molecule is CCc1ccccc1C(=O)[O][Hg]. The monoisotopic (exact) mass is 351 g/mol. The van der Waals surface area contributed by atoms with Crippen LogP contribution in [0.5, 0.6) is 0 Å². The number of carbonyl (C=O) groups excluding carboxylic acids is 1. The molecule has 1 aromatic rings. The quantitative estimate of drug-likeness (QED) is 0.762. The van der Waals surface area contributed by atoms with Crippen molar-refractivity contribution in [2.24, 2.45) is 0 Å². The predicted octanol–water partition coefficient (Wildman–Crippen LogP) is 1.87. The molecule has 0 N–H and O–H groups in total. The molecule has 0 saturated heterocycles. The molecular weight excluding hydrogens is 341 g/mol. The van der Waals surface area contributed by atoms with Gasteiger partial charge in [-0.3, -0.25) is 0 Å². The van der Waals surface area contributed by atoms with Crippen LogP contribution in [-0.2, 0) is 35.6 Å². The molecule has 0 heterocycles. The molecule has 0 spiro atoms. The molecule has 0 aliphatic rings. The van der Waals surface area contributed by atoms with Gasteiger partial charge in [0.1, 0.15) is 0 Å². The fourth-order valence-electron chi connectivity index (χ4n) is 1.11. The van der Waals surface area contributed by atoms with Gasteiger partial charge in [-0.05, 0) is 0 Å². The average Bonchev–Trinajstić information content (AvgIpc) is 2.16. The van der Waals surface area contributed by atoms with E-state index in [1.807, 2.05) is 31.2 Å². The van der Waals surface area contributed by atoms with Gasteiger partial charge in [0.15, 0.2) is 0 Å². The minimum atomic E-state index is -0.171. The summed E-state index contributed by atoms with van der Waals surface area (Å²) in [6.07, 6.45) is 0.874. The van der Waals surface area contributed by atoms with E-state index in [1.165, 1.54) is 0 Å². The average molecular weight is 350 g/mol. The number of rotatable bonds is 2. The fourth-order valence-corrected chi connectivity index (χ4v) is 1.71. The molecule has 0 atom stereocenters. The van der Waals surface area contributed by atoms with E-state index in [2.05, 4.69) is 0 Å². The second-order valence-electron chi connectivity index (χ2n) is 2.44. The second kappa shape index (κ2) is 4.60. The van der Waals surface area contributed by atoms with Gasteiger partial charge in [0.2, 0.25) is 0 Å². The van der Waals surface area contributed by atoms with Gasteiger partial charge in [-0.25, -0.2) is 0 Å². The molecule has 0 aliphatic heterocycles. The molecule has 0 bridgehead atoms. The summed E-state index contributed by atoms with van der Waals surface area (Å²) in [7, 11) is 0. The van der Waals surface area contributed by atoms with Crippen molar-refractivity contribution in [3.05, 3.63) is 35.4 Å². The Labute approximate surface area is 88.6 Å². The first-order chi connectivity index (χ1) is 5.79. The van der Waals surface area contributed by atoms with Crippen LogP contribution in [0.2, 0.25) is 0 Å². The zero-order valence-electron chi connectivity index (χ0n) is 7.04. The summed E-state index contributed by atoms with van der Waals surface area (Å²) in [4.78, 5) is 11.2. The molecule has 1 aromatic carbocycles. The van der Waals surface area contributed by atoms with Crippen LogP contribution in [0, 0.1) is 0 Å². The van der Waals surface area contributed by atoms with Crippen molar-refractivity contribution in [1.29, 1.82) is 0 Å². The van der Waals surface area contributed by atoms with Crippen molar-refractivity contribution in [1.82, 2.24) is 0 Å². The molecule has 0 aromatic heterocycles. The molecule has 3 heteroatoms. The van der Waals surface area contributed by atoms with Gasteiger partial charge in [-0.1, -0.05) is 0 Å². The molecular formula is C9H9HgO2. The molecule has 0 aliphatic carbocycles. The summed E-state index contributed by atoms with van der Waals surface area (Å²) >= 11 is 0.0829. The van der Waals surface area contributed by atoms with Crippen LogP contribution in [0.1, 0.15) is 22.8 Å². The van der Waals surface area contributed by atoms with Crippen molar-refractivity contribution in [3.63, 3.8) is 0 Å². The van der Waals surface area contributed by atoms with E-state index < -0.39 is 0 Å². The Morgan fingerprint density at radius 2 is 2.17 bits per heavy atom. The fraction of sp³-hybridized carbons (Fsp3) is 0.222. The predicted molar refractivity (Wildman–Crippen MR) is 41.2 cm³/mol. The zero-order chi connectivity index (χ0) is 8.97. The van der Waals surface area contributed by atoms with Crippen molar-refractivity contribution >= 4 is 5.97 Å². The van der Waals surface area contributed by atoms with E-state index in [4.69, 9.17) is 2.64 Å². The third-order valence-electron chi connectivity index (χ3n) is 1.75. The summed E-state index contributed by atoms with van der Waals surface area (Å²) in [6.45, 7) is 2.03. The topological polar surface area (TPSA) is 26.3 Å². The van der Waals surface area contributed by atoms with Gasteiger partial charge in [-0.15, -0.1) is 0 Å². The Morgan fingerprint density at radius 3 is 2.75 bits per heavy atom. The van der Waals surface area contributed by atoms with Gasteiger partial charge >= 0.3 is 88.7 Å². The maximum atomic E-state index is 11.2. The van der Waals surface area contributed by atoms with Gasteiger partial charge in [-0.2, -0.15) is 0 Å². The van der Waals surface area contributed by atoms with E-state index in [0.717, 1.165) is 17.5 Å². The van der Waals surface area contributed by atoms with E-state index >= 15 is 0 Å². The first-order valence-corrected chi connectivity index (χ1v) is 6.08. The first kappa shape index (κ1) is 9.71. The van der Waals surface area contributed by atoms with Crippen LogP contribution >= 0.6 is 0 Å². The first-order valence-electron chi connectivity index (χ1n) is 3.83. The summed E-state index contributed by atoms with van der Waals surface area (Å²) < 4.78 is 4.83. The van der Waals surface area contributed by atoms with Crippen LogP contribution in [0.15, 0.2) is 24.3 Å². The number of aryl methyl sites for hydroxylation is 1. The maximum absolute atomic E-state index is 11.2. The second-order valence-corrected chi connectivity index (χ2v) is 3.56. The number of benzene rings is 1. The van der Waals surface area contributed by atoms with E-state index in [9.17, 15) is 4.79 Å². The van der Waals surface area contributed by atoms with Crippen LogP contribution < -0.4 is 0 Å². The van der Waals surface area contributed by atoms with Gasteiger partial charge in [0.05, 0.1) is 0 Å². The van der Waals surface area contributed by atoms with Gasteiger partial charge in [0, 0.05) is 0 Å². The zero-order valence-corrected chi connectivity index (χ0v) is 12.5. The number of hydrogen-bond donors (Lipinski definition) is 0.